The zero-order valence-electron chi connectivity index (χ0n) is 12.1. The molecule has 1 heterocycles. The Balaban J connectivity index is 2.16. The first-order chi connectivity index (χ1) is 8.97. The van der Waals surface area contributed by atoms with Gasteiger partial charge in [-0.05, 0) is 18.6 Å². The van der Waals surface area contributed by atoms with Gasteiger partial charge in [-0.15, -0.1) is 0 Å². The largest absolute Gasteiger partial charge is 0.470 e. The van der Waals surface area contributed by atoms with Gasteiger partial charge in [0.25, 0.3) is 0 Å². The summed E-state index contributed by atoms with van der Waals surface area (Å²) in [6.45, 7) is 8.50. The first-order valence-corrected chi connectivity index (χ1v) is 6.66. The third-order valence-electron chi connectivity index (χ3n) is 3.06. The standard InChI is InChI=1S/C17H21NO/c1-13(14-9-6-5-7-10-14)19-16-12-8-11-15(18-16)17(2,3)4/h5-13H,1-4H3. The summed E-state index contributed by atoms with van der Waals surface area (Å²) in [4.78, 5) is 4.59. The molecule has 2 heteroatoms. The SMILES string of the molecule is CC(Oc1cccc(C(C)(C)C)n1)c1ccccc1. The van der Waals surface area contributed by atoms with Crippen molar-refractivity contribution in [1.29, 1.82) is 0 Å². The average Bonchev–Trinajstić information content (AvgIpc) is 2.39. The zero-order chi connectivity index (χ0) is 13.9. The van der Waals surface area contributed by atoms with E-state index in [0.717, 1.165) is 11.3 Å². The Kier molecular flexibility index (Phi) is 3.89. The van der Waals surface area contributed by atoms with Gasteiger partial charge in [-0.1, -0.05) is 57.2 Å². The van der Waals surface area contributed by atoms with Gasteiger partial charge in [-0.25, -0.2) is 4.98 Å². The number of aromatic nitrogens is 1. The summed E-state index contributed by atoms with van der Waals surface area (Å²) >= 11 is 0. The number of rotatable bonds is 3. The molecule has 100 valence electrons. The van der Waals surface area contributed by atoms with Crippen LogP contribution in [0.1, 0.15) is 45.1 Å². The van der Waals surface area contributed by atoms with Crippen LogP contribution in [-0.2, 0) is 5.41 Å². The third-order valence-corrected chi connectivity index (χ3v) is 3.06. The second kappa shape index (κ2) is 5.43. The smallest absolute Gasteiger partial charge is 0.214 e. The molecule has 0 amide bonds. The van der Waals surface area contributed by atoms with Crippen LogP contribution in [0.2, 0.25) is 0 Å². The van der Waals surface area contributed by atoms with Gasteiger partial charge in [0.1, 0.15) is 6.10 Å². The van der Waals surface area contributed by atoms with E-state index in [0.29, 0.717) is 5.88 Å². The van der Waals surface area contributed by atoms with Crippen molar-refractivity contribution in [3.8, 4) is 5.88 Å². The minimum absolute atomic E-state index is 0.00363. The van der Waals surface area contributed by atoms with E-state index in [-0.39, 0.29) is 11.5 Å². The van der Waals surface area contributed by atoms with Gasteiger partial charge in [0.2, 0.25) is 5.88 Å². The maximum atomic E-state index is 5.93. The van der Waals surface area contributed by atoms with Crippen molar-refractivity contribution in [3.05, 3.63) is 59.8 Å². The van der Waals surface area contributed by atoms with Crippen LogP contribution in [0.25, 0.3) is 0 Å². The lowest BCUT2D eigenvalue weighted by Gasteiger charge is -2.20. The number of ether oxygens (including phenoxy) is 1. The molecule has 0 fully saturated rings. The fraction of sp³-hybridized carbons (Fsp3) is 0.353. The summed E-state index contributed by atoms with van der Waals surface area (Å²) < 4.78 is 5.93. The lowest BCUT2D eigenvalue weighted by Crippen LogP contribution is -2.14. The van der Waals surface area contributed by atoms with Crippen molar-refractivity contribution in [2.75, 3.05) is 0 Å². The molecule has 0 saturated heterocycles. The predicted molar refractivity (Wildman–Crippen MR) is 78.4 cm³/mol. The molecule has 0 aliphatic carbocycles. The molecule has 0 N–H and O–H groups in total. The maximum absolute atomic E-state index is 5.93. The molecule has 2 aromatic rings. The van der Waals surface area contributed by atoms with Crippen LogP contribution < -0.4 is 4.74 Å². The molecule has 0 saturated carbocycles. The van der Waals surface area contributed by atoms with Crippen molar-refractivity contribution in [1.82, 2.24) is 4.98 Å². The second-order valence-corrected chi connectivity index (χ2v) is 5.78. The molecule has 0 radical (unpaired) electrons. The Morgan fingerprint density at radius 1 is 0.947 bits per heavy atom. The van der Waals surface area contributed by atoms with Crippen LogP contribution in [-0.4, -0.2) is 4.98 Å². The van der Waals surface area contributed by atoms with Crippen molar-refractivity contribution < 1.29 is 4.74 Å². The number of hydrogen-bond acceptors (Lipinski definition) is 2. The van der Waals surface area contributed by atoms with Crippen LogP contribution in [0.15, 0.2) is 48.5 Å². The molecule has 2 rings (SSSR count). The summed E-state index contributed by atoms with van der Waals surface area (Å²) in [7, 11) is 0. The maximum Gasteiger partial charge on any atom is 0.214 e. The molecule has 0 aliphatic heterocycles. The number of benzene rings is 1. The van der Waals surface area contributed by atoms with Crippen LogP contribution in [0.3, 0.4) is 0 Å². The van der Waals surface area contributed by atoms with E-state index in [2.05, 4.69) is 37.9 Å². The van der Waals surface area contributed by atoms with E-state index in [1.54, 1.807) is 0 Å². The van der Waals surface area contributed by atoms with Gasteiger partial charge >= 0.3 is 0 Å². The van der Waals surface area contributed by atoms with Gasteiger partial charge in [-0.2, -0.15) is 0 Å². The summed E-state index contributed by atoms with van der Waals surface area (Å²) in [5.41, 5.74) is 2.24. The van der Waals surface area contributed by atoms with Gasteiger partial charge in [-0.3, -0.25) is 0 Å². The lowest BCUT2D eigenvalue weighted by molar-refractivity contribution is 0.216. The molecule has 19 heavy (non-hydrogen) atoms. The van der Waals surface area contributed by atoms with E-state index in [9.17, 15) is 0 Å². The summed E-state index contributed by atoms with van der Waals surface area (Å²) in [5.74, 6) is 0.684. The Hall–Kier alpha value is -1.83. The van der Waals surface area contributed by atoms with Crippen LogP contribution in [0, 0.1) is 0 Å². The molecular formula is C17H21NO. The van der Waals surface area contributed by atoms with Crippen LogP contribution in [0.5, 0.6) is 5.88 Å². The molecular weight excluding hydrogens is 234 g/mol. The van der Waals surface area contributed by atoms with Gasteiger partial charge in [0.05, 0.1) is 0 Å². The molecule has 1 aromatic carbocycles. The van der Waals surface area contributed by atoms with Crippen molar-refractivity contribution in [2.24, 2.45) is 0 Å². The second-order valence-electron chi connectivity index (χ2n) is 5.78. The Morgan fingerprint density at radius 2 is 1.63 bits per heavy atom. The van der Waals surface area contributed by atoms with Gasteiger partial charge < -0.3 is 4.74 Å². The van der Waals surface area contributed by atoms with Crippen LogP contribution in [0.4, 0.5) is 0 Å². The molecule has 1 unspecified atom stereocenters. The minimum atomic E-state index is 0.00363. The van der Waals surface area contributed by atoms with Crippen molar-refractivity contribution in [2.45, 2.75) is 39.2 Å². The van der Waals surface area contributed by atoms with E-state index in [1.165, 1.54) is 0 Å². The fourth-order valence-corrected chi connectivity index (χ4v) is 1.87. The average molecular weight is 255 g/mol. The lowest BCUT2D eigenvalue weighted by atomic mass is 9.92. The Bertz CT molecular complexity index is 528. The highest BCUT2D eigenvalue weighted by atomic mass is 16.5. The first kappa shape index (κ1) is 13.6. The summed E-state index contributed by atoms with van der Waals surface area (Å²) in [6.07, 6.45) is 0.00363. The van der Waals surface area contributed by atoms with E-state index >= 15 is 0 Å². The third kappa shape index (κ3) is 3.57. The normalized spacial score (nSPS) is 13.1. The minimum Gasteiger partial charge on any atom is -0.470 e. The highest BCUT2D eigenvalue weighted by Crippen LogP contribution is 2.24. The number of hydrogen-bond donors (Lipinski definition) is 0. The van der Waals surface area contributed by atoms with Crippen LogP contribution >= 0.6 is 0 Å². The molecule has 2 nitrogen and oxygen atoms in total. The summed E-state index contributed by atoms with van der Waals surface area (Å²) in [6, 6.07) is 16.1. The monoisotopic (exact) mass is 255 g/mol. The molecule has 0 bridgehead atoms. The number of pyridine rings is 1. The highest BCUT2D eigenvalue weighted by molar-refractivity contribution is 5.23. The molecule has 1 atom stereocenters. The first-order valence-electron chi connectivity index (χ1n) is 6.66. The summed E-state index contributed by atoms with van der Waals surface area (Å²) in [5, 5.41) is 0. The van der Waals surface area contributed by atoms with Gasteiger partial charge in [0.15, 0.2) is 0 Å². The predicted octanol–water partition coefficient (Wildman–Crippen LogP) is 4.52. The van der Waals surface area contributed by atoms with E-state index in [1.807, 2.05) is 43.3 Å². The molecule has 0 aliphatic rings. The quantitative estimate of drug-likeness (QED) is 0.804. The Labute approximate surface area is 115 Å². The highest BCUT2D eigenvalue weighted by Gasteiger charge is 2.16. The number of nitrogens with zero attached hydrogens (tertiary/aromatic N) is 1. The molecule has 0 spiro atoms. The van der Waals surface area contributed by atoms with E-state index < -0.39 is 0 Å². The fourth-order valence-electron chi connectivity index (χ4n) is 1.87. The zero-order valence-corrected chi connectivity index (χ0v) is 12.1. The van der Waals surface area contributed by atoms with Crippen molar-refractivity contribution in [3.63, 3.8) is 0 Å². The van der Waals surface area contributed by atoms with Crippen molar-refractivity contribution >= 4 is 0 Å². The molecule has 1 aromatic heterocycles. The van der Waals surface area contributed by atoms with E-state index in [4.69, 9.17) is 4.74 Å². The van der Waals surface area contributed by atoms with Gasteiger partial charge in [0, 0.05) is 17.2 Å². The Morgan fingerprint density at radius 3 is 2.26 bits per heavy atom. The topological polar surface area (TPSA) is 22.1 Å².